The number of benzene rings is 1. The predicted molar refractivity (Wildman–Crippen MR) is 83.5 cm³/mol. The third kappa shape index (κ3) is 3.97. The molecule has 1 fully saturated rings. The van der Waals surface area contributed by atoms with Crippen LogP contribution in [0.15, 0.2) is 24.3 Å². The van der Waals surface area contributed by atoms with Crippen molar-refractivity contribution < 1.29 is 9.90 Å². The van der Waals surface area contributed by atoms with Crippen LogP contribution in [0.1, 0.15) is 44.7 Å². The van der Waals surface area contributed by atoms with Gasteiger partial charge in [-0.1, -0.05) is 45.0 Å². The molecule has 0 aromatic heterocycles. The molecular weight excluding hydrogens is 274 g/mol. The molecule has 0 amide bonds. The molecule has 1 atom stereocenters. The van der Waals surface area contributed by atoms with Crippen LogP contribution >= 0.6 is 12.4 Å². The Kier molecular flexibility index (Phi) is 5.60. The first-order chi connectivity index (χ1) is 8.88. The van der Waals surface area contributed by atoms with Gasteiger partial charge in [0.25, 0.3) is 0 Å². The second kappa shape index (κ2) is 6.59. The zero-order valence-corrected chi connectivity index (χ0v) is 13.2. The average molecular weight is 298 g/mol. The number of carboxylic acid groups (broad SMARTS) is 1. The van der Waals surface area contributed by atoms with Gasteiger partial charge in [-0.3, -0.25) is 9.69 Å². The first-order valence-corrected chi connectivity index (χ1v) is 6.94. The van der Waals surface area contributed by atoms with Gasteiger partial charge in [-0.25, -0.2) is 0 Å². The third-order valence-corrected chi connectivity index (χ3v) is 3.85. The summed E-state index contributed by atoms with van der Waals surface area (Å²) < 4.78 is 0. The minimum absolute atomic E-state index is 0. The summed E-state index contributed by atoms with van der Waals surface area (Å²) in [6.07, 6.45) is 1.76. The topological polar surface area (TPSA) is 40.5 Å². The van der Waals surface area contributed by atoms with E-state index in [9.17, 15) is 9.90 Å². The molecule has 2 rings (SSSR count). The van der Waals surface area contributed by atoms with E-state index < -0.39 is 5.97 Å². The maximum atomic E-state index is 11.1. The van der Waals surface area contributed by atoms with Crippen molar-refractivity contribution in [3.05, 3.63) is 35.4 Å². The SMILES string of the molecule is CC(C)(C)c1ccc(CN2CCCC2C(=O)O)cc1.Cl. The van der Waals surface area contributed by atoms with E-state index >= 15 is 0 Å². The molecule has 112 valence electrons. The van der Waals surface area contributed by atoms with Crippen LogP contribution in [0.2, 0.25) is 0 Å². The second-order valence-electron chi connectivity index (χ2n) is 6.41. The predicted octanol–water partition coefficient (Wildman–Crippen LogP) is 3.45. The zero-order chi connectivity index (χ0) is 14.0. The van der Waals surface area contributed by atoms with Gasteiger partial charge < -0.3 is 5.11 Å². The van der Waals surface area contributed by atoms with E-state index in [0.29, 0.717) is 0 Å². The van der Waals surface area contributed by atoms with Crippen LogP contribution in [0.4, 0.5) is 0 Å². The fourth-order valence-corrected chi connectivity index (χ4v) is 2.64. The zero-order valence-electron chi connectivity index (χ0n) is 12.4. The van der Waals surface area contributed by atoms with Crippen LogP contribution in [0.25, 0.3) is 0 Å². The van der Waals surface area contributed by atoms with Crippen molar-refractivity contribution in [2.24, 2.45) is 0 Å². The number of carboxylic acids is 1. The van der Waals surface area contributed by atoms with Crippen LogP contribution in [-0.2, 0) is 16.8 Å². The van der Waals surface area contributed by atoms with Crippen LogP contribution in [0, 0.1) is 0 Å². The Labute approximate surface area is 127 Å². The van der Waals surface area contributed by atoms with Crippen molar-refractivity contribution in [2.45, 2.75) is 51.6 Å². The summed E-state index contributed by atoms with van der Waals surface area (Å²) in [5.74, 6) is -0.691. The molecule has 0 bridgehead atoms. The Morgan fingerprint density at radius 1 is 1.30 bits per heavy atom. The summed E-state index contributed by atoms with van der Waals surface area (Å²) >= 11 is 0. The minimum atomic E-state index is -0.691. The number of nitrogens with zero attached hydrogens (tertiary/aromatic N) is 1. The molecule has 20 heavy (non-hydrogen) atoms. The lowest BCUT2D eigenvalue weighted by atomic mass is 9.87. The lowest BCUT2D eigenvalue weighted by Gasteiger charge is -2.22. The van der Waals surface area contributed by atoms with E-state index in [-0.39, 0.29) is 23.9 Å². The molecule has 0 spiro atoms. The van der Waals surface area contributed by atoms with Crippen molar-refractivity contribution in [2.75, 3.05) is 6.54 Å². The molecule has 0 aliphatic carbocycles. The first kappa shape index (κ1) is 17.0. The van der Waals surface area contributed by atoms with E-state index in [1.807, 2.05) is 0 Å². The van der Waals surface area contributed by atoms with Gasteiger partial charge >= 0.3 is 5.97 Å². The van der Waals surface area contributed by atoms with Gasteiger partial charge in [0.05, 0.1) is 0 Å². The summed E-state index contributed by atoms with van der Waals surface area (Å²) in [4.78, 5) is 13.2. The summed E-state index contributed by atoms with van der Waals surface area (Å²) in [7, 11) is 0. The normalized spacial score (nSPS) is 19.6. The lowest BCUT2D eigenvalue weighted by molar-refractivity contribution is -0.142. The van der Waals surface area contributed by atoms with Crippen LogP contribution in [-0.4, -0.2) is 28.6 Å². The Bertz CT molecular complexity index is 451. The van der Waals surface area contributed by atoms with Gasteiger partial charge in [0, 0.05) is 6.54 Å². The largest absolute Gasteiger partial charge is 0.480 e. The molecule has 1 heterocycles. The maximum Gasteiger partial charge on any atom is 0.320 e. The van der Waals surface area contributed by atoms with E-state index in [1.54, 1.807) is 0 Å². The quantitative estimate of drug-likeness (QED) is 0.929. The van der Waals surface area contributed by atoms with Crippen molar-refractivity contribution >= 4 is 18.4 Å². The lowest BCUT2D eigenvalue weighted by Crippen LogP contribution is -2.35. The van der Waals surface area contributed by atoms with Crippen molar-refractivity contribution in [1.82, 2.24) is 4.90 Å². The highest BCUT2D eigenvalue weighted by Gasteiger charge is 2.30. The standard InChI is InChI=1S/C16H23NO2.ClH/c1-16(2,3)13-8-6-12(7-9-13)11-17-10-4-5-14(17)15(18)19;/h6-9,14H,4-5,10-11H2,1-3H3,(H,18,19);1H. The number of hydrogen-bond donors (Lipinski definition) is 1. The number of hydrogen-bond acceptors (Lipinski definition) is 2. The molecule has 1 aliphatic heterocycles. The number of rotatable bonds is 3. The molecule has 1 aromatic rings. The van der Waals surface area contributed by atoms with Crippen LogP contribution < -0.4 is 0 Å². The molecular formula is C16H24ClNO2. The highest BCUT2D eigenvalue weighted by atomic mass is 35.5. The van der Waals surface area contributed by atoms with Crippen molar-refractivity contribution in [1.29, 1.82) is 0 Å². The summed E-state index contributed by atoms with van der Waals surface area (Å²) in [6, 6.07) is 8.25. The smallest absolute Gasteiger partial charge is 0.320 e. The molecule has 1 unspecified atom stereocenters. The van der Waals surface area contributed by atoms with Gasteiger partial charge in [-0.15, -0.1) is 12.4 Å². The summed E-state index contributed by atoms with van der Waals surface area (Å²) in [5, 5.41) is 9.17. The van der Waals surface area contributed by atoms with Crippen molar-refractivity contribution in [3.63, 3.8) is 0 Å². The molecule has 0 saturated carbocycles. The number of likely N-dealkylation sites (tertiary alicyclic amines) is 1. The molecule has 1 N–H and O–H groups in total. The van der Waals surface area contributed by atoms with E-state index in [0.717, 1.165) is 25.9 Å². The van der Waals surface area contributed by atoms with Crippen LogP contribution in [0.3, 0.4) is 0 Å². The molecule has 3 nitrogen and oxygen atoms in total. The highest BCUT2D eigenvalue weighted by Crippen LogP contribution is 2.24. The third-order valence-electron chi connectivity index (χ3n) is 3.85. The molecule has 1 aromatic carbocycles. The minimum Gasteiger partial charge on any atom is -0.480 e. The van der Waals surface area contributed by atoms with E-state index in [4.69, 9.17) is 0 Å². The highest BCUT2D eigenvalue weighted by molar-refractivity contribution is 5.85. The van der Waals surface area contributed by atoms with E-state index in [2.05, 4.69) is 49.9 Å². The fraction of sp³-hybridized carbons (Fsp3) is 0.562. The summed E-state index contributed by atoms with van der Waals surface area (Å²) in [5.41, 5.74) is 2.67. The molecule has 0 radical (unpaired) electrons. The number of carbonyl (C=O) groups is 1. The Hall–Kier alpha value is -1.06. The monoisotopic (exact) mass is 297 g/mol. The molecule has 4 heteroatoms. The molecule has 1 aliphatic rings. The fourth-order valence-electron chi connectivity index (χ4n) is 2.64. The Balaban J connectivity index is 0.00000200. The first-order valence-electron chi connectivity index (χ1n) is 6.94. The Morgan fingerprint density at radius 2 is 1.90 bits per heavy atom. The van der Waals surface area contributed by atoms with Crippen LogP contribution in [0.5, 0.6) is 0 Å². The Morgan fingerprint density at radius 3 is 2.40 bits per heavy atom. The van der Waals surface area contributed by atoms with Gasteiger partial charge in [-0.2, -0.15) is 0 Å². The second-order valence-corrected chi connectivity index (χ2v) is 6.41. The number of halogens is 1. The van der Waals surface area contributed by atoms with Gasteiger partial charge in [0.15, 0.2) is 0 Å². The maximum absolute atomic E-state index is 11.1. The molecule has 1 saturated heterocycles. The summed E-state index contributed by atoms with van der Waals surface area (Å²) in [6.45, 7) is 8.22. The van der Waals surface area contributed by atoms with Gasteiger partial charge in [-0.05, 0) is 35.9 Å². The van der Waals surface area contributed by atoms with Gasteiger partial charge in [0.2, 0.25) is 0 Å². The van der Waals surface area contributed by atoms with E-state index in [1.165, 1.54) is 11.1 Å². The number of aliphatic carboxylic acids is 1. The average Bonchev–Trinajstić information content (AvgIpc) is 2.77. The van der Waals surface area contributed by atoms with Gasteiger partial charge in [0.1, 0.15) is 6.04 Å². The van der Waals surface area contributed by atoms with Crippen molar-refractivity contribution in [3.8, 4) is 0 Å².